The number of ether oxygens (including phenoxy) is 1. The number of rotatable bonds is 7. The average molecular weight is 357 g/mol. The van der Waals surface area contributed by atoms with Gasteiger partial charge in [-0.25, -0.2) is 4.68 Å². The summed E-state index contributed by atoms with van der Waals surface area (Å²) in [6.45, 7) is -2.87. The average Bonchev–Trinajstić information content (AvgIpc) is 3.11. The van der Waals surface area contributed by atoms with Crippen LogP contribution >= 0.6 is 0 Å². The van der Waals surface area contributed by atoms with Crippen LogP contribution in [-0.4, -0.2) is 22.3 Å². The molecule has 1 aromatic heterocycles. The monoisotopic (exact) mass is 357 g/mol. The van der Waals surface area contributed by atoms with Gasteiger partial charge in [0, 0.05) is 18.3 Å². The lowest BCUT2D eigenvalue weighted by molar-refractivity contribution is -0.116. The largest absolute Gasteiger partial charge is 0.435 e. The van der Waals surface area contributed by atoms with Crippen molar-refractivity contribution in [2.45, 2.75) is 19.5 Å². The molecule has 134 valence electrons. The summed E-state index contributed by atoms with van der Waals surface area (Å²) >= 11 is 0. The van der Waals surface area contributed by atoms with E-state index in [0.29, 0.717) is 12.1 Å². The highest BCUT2D eigenvalue weighted by Crippen LogP contribution is 2.18. The van der Waals surface area contributed by atoms with Gasteiger partial charge in [-0.2, -0.15) is 13.9 Å². The maximum Gasteiger partial charge on any atom is 0.387 e. The van der Waals surface area contributed by atoms with Crippen molar-refractivity contribution in [3.63, 3.8) is 0 Å². The Bertz CT molecular complexity index is 849. The van der Waals surface area contributed by atoms with Crippen molar-refractivity contribution in [3.05, 3.63) is 72.6 Å². The quantitative estimate of drug-likeness (QED) is 0.694. The number of carbonyl (C=O) groups excluding carboxylic acids is 1. The van der Waals surface area contributed by atoms with Crippen LogP contribution in [0.15, 0.2) is 67.0 Å². The van der Waals surface area contributed by atoms with Gasteiger partial charge in [-0.3, -0.25) is 4.79 Å². The second kappa shape index (κ2) is 8.24. The zero-order chi connectivity index (χ0) is 18.4. The minimum atomic E-state index is -2.87. The summed E-state index contributed by atoms with van der Waals surface area (Å²) in [5, 5.41) is 7.01. The Kier molecular flexibility index (Phi) is 5.58. The standard InChI is InChI=1S/C19H17F2N3O2/c20-19(21)26-17-9-7-15(8-10-17)23-18(25)11-6-14-12-22-24(13-14)16-4-2-1-3-5-16/h1-5,7-10,12-13,19H,6,11H2,(H,23,25). The molecule has 3 aromatic rings. The van der Waals surface area contributed by atoms with Gasteiger partial charge in [0.25, 0.3) is 0 Å². The number of amides is 1. The van der Waals surface area contributed by atoms with Crippen LogP contribution in [0.4, 0.5) is 14.5 Å². The first-order chi connectivity index (χ1) is 12.6. The van der Waals surface area contributed by atoms with Crippen LogP contribution in [0.2, 0.25) is 0 Å². The molecule has 0 bridgehead atoms. The lowest BCUT2D eigenvalue weighted by Crippen LogP contribution is -2.12. The van der Waals surface area contributed by atoms with Crippen LogP contribution in [0.25, 0.3) is 5.69 Å². The molecule has 0 saturated heterocycles. The van der Waals surface area contributed by atoms with Crippen molar-refractivity contribution in [2.24, 2.45) is 0 Å². The Morgan fingerprint density at radius 1 is 1.12 bits per heavy atom. The van der Waals surface area contributed by atoms with Crippen molar-refractivity contribution < 1.29 is 18.3 Å². The summed E-state index contributed by atoms with van der Waals surface area (Å²) in [4.78, 5) is 12.0. The molecule has 0 aliphatic rings. The molecular formula is C19H17F2N3O2. The number of para-hydroxylation sites is 1. The van der Waals surface area contributed by atoms with Crippen LogP contribution in [0.1, 0.15) is 12.0 Å². The Morgan fingerprint density at radius 2 is 1.85 bits per heavy atom. The number of halogens is 2. The van der Waals surface area contributed by atoms with Gasteiger partial charge in [0.1, 0.15) is 5.75 Å². The molecule has 0 aliphatic heterocycles. The summed E-state index contributed by atoms with van der Waals surface area (Å²) in [5.74, 6) is -0.119. The minimum Gasteiger partial charge on any atom is -0.435 e. The number of aromatic nitrogens is 2. The van der Waals surface area contributed by atoms with Crippen molar-refractivity contribution in [3.8, 4) is 11.4 Å². The van der Waals surface area contributed by atoms with Crippen molar-refractivity contribution in [1.29, 1.82) is 0 Å². The number of alkyl halides is 2. The van der Waals surface area contributed by atoms with Gasteiger partial charge in [-0.1, -0.05) is 18.2 Å². The van der Waals surface area contributed by atoms with E-state index in [4.69, 9.17) is 0 Å². The number of nitrogens with one attached hydrogen (secondary N) is 1. The van der Waals surface area contributed by atoms with E-state index in [0.717, 1.165) is 11.3 Å². The fourth-order valence-electron chi connectivity index (χ4n) is 2.41. The summed E-state index contributed by atoms with van der Waals surface area (Å²) in [5.41, 5.74) is 2.43. The van der Waals surface area contributed by atoms with Crippen molar-refractivity contribution in [2.75, 3.05) is 5.32 Å². The summed E-state index contributed by atoms with van der Waals surface area (Å²) in [7, 11) is 0. The first kappa shape index (κ1) is 17.6. The third-order valence-electron chi connectivity index (χ3n) is 3.66. The molecule has 0 aliphatic carbocycles. The lowest BCUT2D eigenvalue weighted by atomic mass is 10.2. The fourth-order valence-corrected chi connectivity index (χ4v) is 2.41. The lowest BCUT2D eigenvalue weighted by Gasteiger charge is -2.07. The second-order valence-corrected chi connectivity index (χ2v) is 5.58. The SMILES string of the molecule is O=C(CCc1cnn(-c2ccccc2)c1)Nc1ccc(OC(F)F)cc1. The molecule has 5 nitrogen and oxygen atoms in total. The predicted molar refractivity (Wildman–Crippen MR) is 93.6 cm³/mol. The van der Waals surface area contributed by atoms with E-state index in [1.807, 2.05) is 36.5 Å². The van der Waals surface area contributed by atoms with Crippen LogP contribution in [0.5, 0.6) is 5.75 Å². The van der Waals surface area contributed by atoms with Gasteiger partial charge in [0.15, 0.2) is 0 Å². The summed E-state index contributed by atoms with van der Waals surface area (Å²) in [6, 6.07) is 15.5. The molecule has 0 fully saturated rings. The van der Waals surface area contributed by atoms with Crippen LogP contribution < -0.4 is 10.1 Å². The maximum atomic E-state index is 12.1. The zero-order valence-electron chi connectivity index (χ0n) is 13.8. The highest BCUT2D eigenvalue weighted by Gasteiger charge is 2.07. The van der Waals surface area contributed by atoms with Crippen LogP contribution in [0.3, 0.4) is 0 Å². The second-order valence-electron chi connectivity index (χ2n) is 5.58. The number of benzene rings is 2. The molecule has 0 unspecified atom stereocenters. The Labute approximate surface area is 149 Å². The zero-order valence-corrected chi connectivity index (χ0v) is 13.8. The molecule has 1 amide bonds. The van der Waals surface area contributed by atoms with Crippen LogP contribution in [0, 0.1) is 0 Å². The highest BCUT2D eigenvalue weighted by molar-refractivity contribution is 5.90. The number of aryl methyl sites for hydroxylation is 1. The molecule has 0 radical (unpaired) electrons. The van der Waals surface area contributed by atoms with Gasteiger partial charge in [0.05, 0.1) is 11.9 Å². The van der Waals surface area contributed by atoms with E-state index >= 15 is 0 Å². The maximum absolute atomic E-state index is 12.1. The molecule has 7 heteroatoms. The predicted octanol–water partition coefficient (Wildman–Crippen LogP) is 4.05. The number of nitrogens with zero attached hydrogens (tertiary/aromatic N) is 2. The van der Waals surface area contributed by atoms with E-state index in [1.54, 1.807) is 10.9 Å². The first-order valence-electron chi connectivity index (χ1n) is 8.04. The molecule has 0 saturated carbocycles. The van der Waals surface area contributed by atoms with E-state index in [2.05, 4.69) is 15.2 Å². The smallest absolute Gasteiger partial charge is 0.387 e. The number of anilines is 1. The van der Waals surface area contributed by atoms with Gasteiger partial charge in [-0.05, 0) is 48.4 Å². The topological polar surface area (TPSA) is 56.2 Å². The highest BCUT2D eigenvalue weighted by atomic mass is 19.3. The molecule has 0 spiro atoms. The summed E-state index contributed by atoms with van der Waals surface area (Å²) in [6.07, 6.45) is 4.46. The van der Waals surface area contributed by atoms with Gasteiger partial charge >= 0.3 is 6.61 Å². The molecule has 2 aromatic carbocycles. The van der Waals surface area contributed by atoms with Crippen molar-refractivity contribution >= 4 is 11.6 Å². The molecule has 1 heterocycles. The molecule has 1 N–H and O–H groups in total. The van der Waals surface area contributed by atoms with Gasteiger partial charge in [0.2, 0.25) is 5.91 Å². The van der Waals surface area contributed by atoms with Gasteiger partial charge < -0.3 is 10.1 Å². The van der Waals surface area contributed by atoms with Gasteiger partial charge in [-0.15, -0.1) is 0 Å². The molecular weight excluding hydrogens is 340 g/mol. The first-order valence-corrected chi connectivity index (χ1v) is 8.04. The number of hydrogen-bond donors (Lipinski definition) is 1. The molecule has 3 rings (SSSR count). The van der Waals surface area contributed by atoms with E-state index in [1.165, 1.54) is 24.3 Å². The molecule has 26 heavy (non-hydrogen) atoms. The van der Waals surface area contributed by atoms with E-state index in [-0.39, 0.29) is 18.1 Å². The fraction of sp³-hybridized carbons (Fsp3) is 0.158. The normalized spacial score (nSPS) is 10.7. The number of hydrogen-bond acceptors (Lipinski definition) is 3. The summed E-state index contributed by atoms with van der Waals surface area (Å²) < 4.78 is 30.2. The van der Waals surface area contributed by atoms with E-state index in [9.17, 15) is 13.6 Å². The Balaban J connectivity index is 1.50. The van der Waals surface area contributed by atoms with Crippen LogP contribution in [-0.2, 0) is 11.2 Å². The third-order valence-corrected chi connectivity index (χ3v) is 3.66. The van der Waals surface area contributed by atoms with Crippen molar-refractivity contribution in [1.82, 2.24) is 9.78 Å². The Hall–Kier alpha value is -3.22. The Morgan fingerprint density at radius 3 is 2.54 bits per heavy atom. The number of carbonyl (C=O) groups is 1. The third kappa shape index (κ3) is 4.89. The minimum absolute atomic E-state index is 0.0475. The van der Waals surface area contributed by atoms with E-state index < -0.39 is 6.61 Å². The molecule has 0 atom stereocenters.